The Morgan fingerprint density at radius 3 is 2.48 bits per heavy atom. The van der Waals surface area contributed by atoms with E-state index in [0.29, 0.717) is 5.56 Å². The molecule has 23 heavy (non-hydrogen) atoms. The number of rotatable bonds is 2. The minimum absolute atomic E-state index is 0.159. The number of amides is 1. The Labute approximate surface area is 137 Å². The third-order valence-electron chi connectivity index (χ3n) is 3.97. The number of carbonyl (C=O) groups excluding carboxylic acids is 2. The van der Waals surface area contributed by atoms with Crippen LogP contribution in [0.5, 0.6) is 0 Å². The molecule has 1 aliphatic carbocycles. The monoisotopic (exact) mass is 319 g/mol. The van der Waals surface area contributed by atoms with Crippen LogP contribution in [0, 0.1) is 5.41 Å². The van der Waals surface area contributed by atoms with Gasteiger partial charge in [0.15, 0.2) is 0 Å². The summed E-state index contributed by atoms with van der Waals surface area (Å²) in [4.78, 5) is 23.9. The summed E-state index contributed by atoms with van der Waals surface area (Å²) >= 11 is 0. The molecule has 0 radical (unpaired) electrons. The first-order valence-corrected chi connectivity index (χ1v) is 7.74. The first-order chi connectivity index (χ1) is 10.5. The zero-order valence-electron chi connectivity index (χ0n) is 14.6. The average Bonchev–Trinajstić information content (AvgIpc) is 2.66. The van der Waals surface area contributed by atoms with E-state index in [9.17, 15) is 9.59 Å². The molecule has 1 amide bonds. The van der Waals surface area contributed by atoms with E-state index >= 15 is 0 Å². The van der Waals surface area contributed by atoms with Gasteiger partial charge in [-0.25, -0.2) is 9.59 Å². The van der Waals surface area contributed by atoms with Crippen LogP contribution in [0.1, 0.15) is 62.1 Å². The molecule has 5 heteroatoms. The summed E-state index contributed by atoms with van der Waals surface area (Å²) in [5.41, 5.74) is 1.85. The third-order valence-corrected chi connectivity index (χ3v) is 3.97. The molecule has 0 spiro atoms. The van der Waals surface area contributed by atoms with Gasteiger partial charge in [0.05, 0.1) is 18.7 Å². The van der Waals surface area contributed by atoms with Crippen molar-refractivity contribution in [1.82, 2.24) is 5.32 Å². The number of esters is 1. The Balaban J connectivity index is 2.30. The summed E-state index contributed by atoms with van der Waals surface area (Å²) in [6, 6.07) is 5.28. The maximum atomic E-state index is 12.2. The fourth-order valence-electron chi connectivity index (χ4n) is 2.98. The maximum absolute atomic E-state index is 12.2. The van der Waals surface area contributed by atoms with E-state index in [1.165, 1.54) is 7.11 Å². The van der Waals surface area contributed by atoms with E-state index in [2.05, 4.69) is 19.2 Å². The summed E-state index contributed by atoms with van der Waals surface area (Å²) in [5, 5.41) is 2.95. The molecule has 1 aromatic carbocycles. The highest BCUT2D eigenvalue weighted by molar-refractivity contribution is 5.89. The predicted molar refractivity (Wildman–Crippen MR) is 87.4 cm³/mol. The lowest BCUT2D eigenvalue weighted by atomic mass is 9.85. The molecule has 0 saturated heterocycles. The van der Waals surface area contributed by atoms with Gasteiger partial charge in [-0.05, 0) is 55.9 Å². The second-order valence-electron chi connectivity index (χ2n) is 7.65. The minimum atomic E-state index is -0.552. The van der Waals surface area contributed by atoms with Gasteiger partial charge in [-0.2, -0.15) is 0 Å². The molecule has 0 heterocycles. The Morgan fingerprint density at radius 2 is 1.91 bits per heavy atom. The molecule has 126 valence electrons. The summed E-state index contributed by atoms with van der Waals surface area (Å²) in [5.74, 6) is -0.381. The van der Waals surface area contributed by atoms with Gasteiger partial charge in [0.1, 0.15) is 5.60 Å². The van der Waals surface area contributed by atoms with Crippen LogP contribution in [-0.2, 0) is 15.9 Å². The van der Waals surface area contributed by atoms with Crippen LogP contribution < -0.4 is 5.32 Å². The van der Waals surface area contributed by atoms with Crippen molar-refractivity contribution in [3.63, 3.8) is 0 Å². The second-order valence-corrected chi connectivity index (χ2v) is 7.65. The summed E-state index contributed by atoms with van der Waals surface area (Å²) in [6.07, 6.45) is 0.372. The highest BCUT2D eigenvalue weighted by atomic mass is 16.6. The summed E-state index contributed by atoms with van der Waals surface area (Å²) < 4.78 is 10.1. The number of ether oxygens (including phenoxy) is 2. The normalized spacial score (nSPS) is 19.0. The van der Waals surface area contributed by atoms with E-state index in [4.69, 9.17) is 9.47 Å². The van der Waals surface area contributed by atoms with Crippen molar-refractivity contribution in [2.45, 2.75) is 52.7 Å². The quantitative estimate of drug-likeness (QED) is 0.846. The fraction of sp³-hybridized carbons (Fsp3) is 0.556. The molecule has 1 unspecified atom stereocenters. The van der Waals surface area contributed by atoms with Crippen molar-refractivity contribution in [1.29, 1.82) is 0 Å². The molecule has 1 aromatic rings. The first kappa shape index (κ1) is 17.3. The van der Waals surface area contributed by atoms with Gasteiger partial charge < -0.3 is 14.8 Å². The molecule has 0 saturated carbocycles. The van der Waals surface area contributed by atoms with Crippen LogP contribution >= 0.6 is 0 Å². The van der Waals surface area contributed by atoms with Gasteiger partial charge in [-0.15, -0.1) is 0 Å². The smallest absolute Gasteiger partial charge is 0.408 e. The number of hydrogen-bond donors (Lipinski definition) is 1. The molecule has 0 bridgehead atoms. The van der Waals surface area contributed by atoms with Gasteiger partial charge in [0, 0.05) is 0 Å². The van der Waals surface area contributed by atoms with E-state index in [-0.39, 0.29) is 17.4 Å². The SMILES string of the molecule is COC(=O)c1ccc2c(c1)C(NC(=O)OC(C)(C)C)C(C)(C)C2. The van der Waals surface area contributed by atoms with E-state index < -0.39 is 11.7 Å². The molecule has 0 aromatic heterocycles. The molecular formula is C18H25NO4. The van der Waals surface area contributed by atoms with Crippen LogP contribution in [0.25, 0.3) is 0 Å². The summed E-state index contributed by atoms with van der Waals surface area (Å²) in [7, 11) is 1.36. The molecule has 1 N–H and O–H groups in total. The fourth-order valence-corrected chi connectivity index (χ4v) is 2.98. The summed E-state index contributed by atoms with van der Waals surface area (Å²) in [6.45, 7) is 9.67. The molecule has 1 atom stereocenters. The van der Waals surface area contributed by atoms with E-state index in [0.717, 1.165) is 17.5 Å². The molecule has 2 rings (SSSR count). The molecule has 0 aliphatic heterocycles. The zero-order valence-corrected chi connectivity index (χ0v) is 14.6. The van der Waals surface area contributed by atoms with Crippen molar-refractivity contribution < 1.29 is 19.1 Å². The number of carbonyl (C=O) groups is 2. The topological polar surface area (TPSA) is 64.6 Å². The Hall–Kier alpha value is -2.04. The van der Waals surface area contributed by atoms with Crippen LogP contribution in [0.2, 0.25) is 0 Å². The van der Waals surface area contributed by atoms with Gasteiger partial charge in [0.2, 0.25) is 0 Å². The number of methoxy groups -OCH3 is 1. The third kappa shape index (κ3) is 3.84. The number of alkyl carbamates (subject to hydrolysis) is 1. The maximum Gasteiger partial charge on any atom is 0.408 e. The Bertz CT molecular complexity index is 628. The number of hydrogen-bond acceptors (Lipinski definition) is 4. The molecule has 1 aliphatic rings. The highest BCUT2D eigenvalue weighted by Crippen LogP contribution is 2.45. The van der Waals surface area contributed by atoms with Crippen molar-refractivity contribution in [2.24, 2.45) is 5.41 Å². The highest BCUT2D eigenvalue weighted by Gasteiger charge is 2.40. The lowest BCUT2D eigenvalue weighted by molar-refractivity contribution is 0.0465. The minimum Gasteiger partial charge on any atom is -0.465 e. The standard InChI is InChI=1S/C18H25NO4/c1-17(2,3)23-16(21)19-14-13-9-11(15(20)22-6)7-8-12(13)10-18(14,4)5/h7-9,14H,10H2,1-6H3,(H,19,21). The Morgan fingerprint density at radius 1 is 1.26 bits per heavy atom. The van der Waals surface area contributed by atoms with Gasteiger partial charge >= 0.3 is 12.1 Å². The van der Waals surface area contributed by atoms with E-state index in [1.54, 1.807) is 12.1 Å². The zero-order chi connectivity index (χ0) is 17.4. The number of fused-ring (bicyclic) bond motifs is 1. The van der Waals surface area contributed by atoms with Crippen LogP contribution in [0.4, 0.5) is 4.79 Å². The second kappa shape index (κ2) is 5.87. The van der Waals surface area contributed by atoms with Crippen molar-refractivity contribution in [2.75, 3.05) is 7.11 Å². The molecule has 5 nitrogen and oxygen atoms in total. The lowest BCUT2D eigenvalue weighted by Crippen LogP contribution is -2.39. The molecule has 0 fully saturated rings. The number of benzene rings is 1. The van der Waals surface area contributed by atoms with Crippen LogP contribution in [0.15, 0.2) is 18.2 Å². The van der Waals surface area contributed by atoms with Crippen LogP contribution in [-0.4, -0.2) is 24.8 Å². The number of nitrogens with one attached hydrogen (secondary N) is 1. The van der Waals surface area contributed by atoms with Crippen LogP contribution in [0.3, 0.4) is 0 Å². The van der Waals surface area contributed by atoms with Crippen molar-refractivity contribution in [3.8, 4) is 0 Å². The van der Waals surface area contributed by atoms with Crippen molar-refractivity contribution in [3.05, 3.63) is 34.9 Å². The van der Waals surface area contributed by atoms with Crippen molar-refractivity contribution >= 4 is 12.1 Å². The first-order valence-electron chi connectivity index (χ1n) is 7.74. The average molecular weight is 319 g/mol. The predicted octanol–water partition coefficient (Wildman–Crippen LogP) is 3.62. The molecular weight excluding hydrogens is 294 g/mol. The van der Waals surface area contributed by atoms with Gasteiger partial charge in [-0.3, -0.25) is 0 Å². The van der Waals surface area contributed by atoms with Gasteiger partial charge in [-0.1, -0.05) is 19.9 Å². The lowest BCUT2D eigenvalue weighted by Gasteiger charge is -2.30. The van der Waals surface area contributed by atoms with E-state index in [1.807, 2.05) is 26.8 Å². The Kier molecular flexibility index (Phi) is 4.42. The van der Waals surface area contributed by atoms with Gasteiger partial charge in [0.25, 0.3) is 0 Å². The largest absolute Gasteiger partial charge is 0.465 e.